The minimum Gasteiger partial charge on any atom is -0.423 e. The third-order valence-electron chi connectivity index (χ3n) is 3.98. The second-order valence-corrected chi connectivity index (χ2v) is 6.27. The average molecular weight is 369 g/mol. The predicted molar refractivity (Wildman–Crippen MR) is 101 cm³/mol. The number of carbonyl (C=O) groups excluding carboxylic acids is 3. The van der Waals surface area contributed by atoms with Gasteiger partial charge in [-0.15, -0.1) is 0 Å². The summed E-state index contributed by atoms with van der Waals surface area (Å²) in [5.74, 6) is -0.799. The zero-order valence-electron chi connectivity index (χ0n) is 15.9. The zero-order chi connectivity index (χ0) is 20.0. The van der Waals surface area contributed by atoms with Crippen molar-refractivity contribution in [2.75, 3.05) is 6.54 Å². The largest absolute Gasteiger partial charge is 0.423 e. The first kappa shape index (κ1) is 20.2. The molecule has 27 heavy (non-hydrogen) atoms. The lowest BCUT2D eigenvalue weighted by atomic mass is 10.1. The normalized spacial score (nSPS) is 10.2. The molecule has 0 bridgehead atoms. The van der Waals surface area contributed by atoms with E-state index in [0.29, 0.717) is 18.5 Å². The first-order valence-corrected chi connectivity index (χ1v) is 8.61. The molecular formula is C21H23NO5. The molecular weight excluding hydrogens is 346 g/mol. The van der Waals surface area contributed by atoms with Gasteiger partial charge in [0.1, 0.15) is 0 Å². The molecule has 0 saturated heterocycles. The van der Waals surface area contributed by atoms with Crippen LogP contribution in [0.2, 0.25) is 0 Å². The van der Waals surface area contributed by atoms with Gasteiger partial charge in [0, 0.05) is 26.0 Å². The van der Waals surface area contributed by atoms with Crippen molar-refractivity contribution in [3.8, 4) is 11.5 Å². The van der Waals surface area contributed by atoms with Gasteiger partial charge in [-0.2, -0.15) is 0 Å². The van der Waals surface area contributed by atoms with Crippen molar-refractivity contribution >= 4 is 17.8 Å². The fraction of sp³-hybridized carbons (Fsp3) is 0.286. The van der Waals surface area contributed by atoms with Gasteiger partial charge in [-0.05, 0) is 61.2 Å². The minimum atomic E-state index is -0.511. The lowest BCUT2D eigenvalue weighted by Crippen LogP contribution is -2.25. The second kappa shape index (κ2) is 8.98. The molecule has 0 aliphatic rings. The van der Waals surface area contributed by atoms with Crippen LogP contribution < -0.4 is 14.8 Å². The topological polar surface area (TPSA) is 81.7 Å². The predicted octanol–water partition coefficient (Wildman–Crippen LogP) is 3.13. The van der Waals surface area contributed by atoms with E-state index in [4.69, 9.17) is 9.47 Å². The highest BCUT2D eigenvalue weighted by atomic mass is 16.6. The van der Waals surface area contributed by atoms with Gasteiger partial charge in [0.15, 0.2) is 11.5 Å². The van der Waals surface area contributed by atoms with Crippen LogP contribution in [0, 0.1) is 13.8 Å². The van der Waals surface area contributed by atoms with Crippen LogP contribution in [0.4, 0.5) is 0 Å². The van der Waals surface area contributed by atoms with E-state index in [1.807, 2.05) is 26.0 Å². The maximum atomic E-state index is 12.2. The molecule has 0 atom stereocenters. The first-order chi connectivity index (χ1) is 12.8. The van der Waals surface area contributed by atoms with E-state index in [1.54, 1.807) is 24.3 Å². The molecule has 142 valence electrons. The zero-order valence-corrected chi connectivity index (χ0v) is 15.9. The Kier molecular flexibility index (Phi) is 6.71. The van der Waals surface area contributed by atoms with E-state index in [2.05, 4.69) is 5.32 Å². The smallest absolute Gasteiger partial charge is 0.308 e. The summed E-state index contributed by atoms with van der Waals surface area (Å²) in [6.45, 7) is 6.92. The Balaban J connectivity index is 2.02. The molecule has 0 spiro atoms. The minimum absolute atomic E-state index is 0.144. The molecule has 0 aliphatic carbocycles. The molecule has 2 aromatic rings. The van der Waals surface area contributed by atoms with Gasteiger partial charge < -0.3 is 14.8 Å². The number of ether oxygens (including phenoxy) is 2. The number of hydrogen-bond acceptors (Lipinski definition) is 5. The summed E-state index contributed by atoms with van der Waals surface area (Å²) in [4.78, 5) is 34.7. The van der Waals surface area contributed by atoms with Gasteiger partial charge in [-0.1, -0.05) is 12.1 Å². The van der Waals surface area contributed by atoms with Crippen LogP contribution in [0.5, 0.6) is 11.5 Å². The summed E-state index contributed by atoms with van der Waals surface area (Å²) >= 11 is 0. The van der Waals surface area contributed by atoms with E-state index in [-0.39, 0.29) is 17.4 Å². The van der Waals surface area contributed by atoms with E-state index in [1.165, 1.54) is 13.8 Å². The van der Waals surface area contributed by atoms with Crippen molar-refractivity contribution < 1.29 is 23.9 Å². The van der Waals surface area contributed by atoms with Crippen LogP contribution >= 0.6 is 0 Å². The Morgan fingerprint density at radius 3 is 2.15 bits per heavy atom. The van der Waals surface area contributed by atoms with Crippen molar-refractivity contribution in [1.29, 1.82) is 0 Å². The summed E-state index contributed by atoms with van der Waals surface area (Å²) in [6.07, 6.45) is 0.533. The fourth-order valence-electron chi connectivity index (χ4n) is 2.49. The van der Waals surface area contributed by atoms with Gasteiger partial charge in [-0.25, -0.2) is 0 Å². The standard InChI is InChI=1S/C21H23NO5/c1-13-5-7-18(11-14(13)2)21(25)22-10-9-17-6-8-19(26-15(3)23)20(12-17)27-16(4)24/h5-8,11-12H,9-10H2,1-4H3,(H,22,25). The monoisotopic (exact) mass is 369 g/mol. The van der Waals surface area contributed by atoms with Crippen LogP contribution in [0.1, 0.15) is 40.9 Å². The summed E-state index contributed by atoms with van der Waals surface area (Å²) in [5, 5.41) is 2.87. The number of esters is 2. The molecule has 0 radical (unpaired) electrons. The van der Waals surface area contributed by atoms with Crippen LogP contribution in [0.3, 0.4) is 0 Å². The number of amides is 1. The highest BCUT2D eigenvalue weighted by molar-refractivity contribution is 5.94. The number of carbonyl (C=O) groups is 3. The number of aryl methyl sites for hydroxylation is 2. The van der Waals surface area contributed by atoms with Crippen LogP contribution in [-0.4, -0.2) is 24.4 Å². The Morgan fingerprint density at radius 1 is 0.852 bits per heavy atom. The molecule has 0 heterocycles. The summed E-state index contributed by atoms with van der Waals surface area (Å²) in [6, 6.07) is 10.5. The molecule has 0 aromatic heterocycles. The first-order valence-electron chi connectivity index (χ1n) is 8.61. The maximum Gasteiger partial charge on any atom is 0.308 e. The third kappa shape index (κ3) is 5.95. The lowest BCUT2D eigenvalue weighted by Gasteiger charge is -2.11. The third-order valence-corrected chi connectivity index (χ3v) is 3.98. The van der Waals surface area contributed by atoms with E-state index < -0.39 is 11.9 Å². The van der Waals surface area contributed by atoms with Crippen LogP contribution in [-0.2, 0) is 16.0 Å². The van der Waals surface area contributed by atoms with Crippen molar-refractivity contribution in [3.63, 3.8) is 0 Å². The van der Waals surface area contributed by atoms with Crippen molar-refractivity contribution in [2.24, 2.45) is 0 Å². The number of benzene rings is 2. The number of nitrogens with one attached hydrogen (secondary N) is 1. The van der Waals surface area contributed by atoms with Crippen molar-refractivity contribution in [1.82, 2.24) is 5.32 Å². The van der Waals surface area contributed by atoms with Crippen LogP contribution in [0.25, 0.3) is 0 Å². The van der Waals surface area contributed by atoms with Gasteiger partial charge in [0.05, 0.1) is 0 Å². The van der Waals surface area contributed by atoms with Crippen molar-refractivity contribution in [2.45, 2.75) is 34.1 Å². The Morgan fingerprint density at radius 2 is 1.52 bits per heavy atom. The average Bonchev–Trinajstić information content (AvgIpc) is 2.58. The highest BCUT2D eigenvalue weighted by Crippen LogP contribution is 2.29. The summed E-state index contributed by atoms with van der Waals surface area (Å²) in [7, 11) is 0. The van der Waals surface area contributed by atoms with E-state index >= 15 is 0 Å². The Labute approximate surface area is 158 Å². The summed E-state index contributed by atoms with van der Waals surface area (Å²) in [5.41, 5.74) is 3.65. The van der Waals surface area contributed by atoms with Crippen molar-refractivity contribution in [3.05, 3.63) is 58.7 Å². The summed E-state index contributed by atoms with van der Waals surface area (Å²) < 4.78 is 10.1. The van der Waals surface area contributed by atoms with Gasteiger partial charge >= 0.3 is 11.9 Å². The molecule has 2 aromatic carbocycles. The Bertz CT molecular complexity index is 873. The lowest BCUT2D eigenvalue weighted by molar-refractivity contribution is -0.134. The molecule has 6 nitrogen and oxygen atoms in total. The molecule has 1 N–H and O–H groups in total. The number of hydrogen-bond donors (Lipinski definition) is 1. The molecule has 0 fully saturated rings. The molecule has 1 amide bonds. The SMILES string of the molecule is CC(=O)Oc1ccc(CCNC(=O)c2ccc(C)c(C)c2)cc1OC(C)=O. The van der Waals surface area contributed by atoms with E-state index in [0.717, 1.165) is 16.7 Å². The fourth-order valence-corrected chi connectivity index (χ4v) is 2.49. The van der Waals surface area contributed by atoms with Crippen LogP contribution in [0.15, 0.2) is 36.4 Å². The van der Waals surface area contributed by atoms with Gasteiger partial charge in [0.25, 0.3) is 5.91 Å². The Hall–Kier alpha value is -3.15. The molecule has 0 saturated carbocycles. The molecule has 2 rings (SSSR count). The number of rotatable bonds is 6. The second-order valence-electron chi connectivity index (χ2n) is 6.27. The van der Waals surface area contributed by atoms with Gasteiger partial charge in [-0.3, -0.25) is 14.4 Å². The molecule has 0 aliphatic heterocycles. The quantitative estimate of drug-likeness (QED) is 0.625. The molecule has 0 unspecified atom stereocenters. The highest BCUT2D eigenvalue weighted by Gasteiger charge is 2.12. The maximum absolute atomic E-state index is 12.2. The molecule has 6 heteroatoms. The van der Waals surface area contributed by atoms with Gasteiger partial charge in [0.2, 0.25) is 0 Å². The van der Waals surface area contributed by atoms with E-state index in [9.17, 15) is 14.4 Å².